The average molecular weight is 364 g/mol. The number of carbonyl (C=O) groups is 1. The van der Waals surface area contributed by atoms with Gasteiger partial charge in [0.2, 0.25) is 0 Å². The summed E-state index contributed by atoms with van der Waals surface area (Å²) in [6.07, 6.45) is 1.47. The lowest BCUT2D eigenvalue weighted by molar-refractivity contribution is -0.140. The molecule has 0 unspecified atom stereocenters. The van der Waals surface area contributed by atoms with Crippen molar-refractivity contribution in [3.8, 4) is 22.4 Å². The Morgan fingerprint density at radius 3 is 2.08 bits per heavy atom. The van der Waals surface area contributed by atoms with E-state index in [0.717, 1.165) is 46.5 Å². The number of nitrogens with one attached hydrogen (secondary N) is 1. The fraction of sp³-hybridized carbons (Fsp3) is 0.238. The third-order valence-electron chi connectivity index (χ3n) is 5.20. The largest absolute Gasteiger partial charge is 0.481 e. The van der Waals surface area contributed by atoms with Crippen LogP contribution in [-0.2, 0) is 10.2 Å². The first-order chi connectivity index (χ1) is 12.5. The molecule has 1 saturated carbocycles. The fourth-order valence-electron chi connectivity index (χ4n) is 3.42. The maximum atomic E-state index is 11.5. The zero-order valence-corrected chi connectivity index (χ0v) is 15.6. The Hall–Kier alpha value is -2.66. The summed E-state index contributed by atoms with van der Waals surface area (Å²) in [4.78, 5) is 12.6. The monoisotopic (exact) mass is 364 g/mol. The second-order valence-corrected chi connectivity index (χ2v) is 7.73. The van der Waals surface area contributed by atoms with E-state index < -0.39 is 11.4 Å². The minimum absolute atomic E-state index is 0.644. The summed E-state index contributed by atoms with van der Waals surface area (Å²) in [6.45, 7) is 2.06. The molecule has 1 aliphatic rings. The Labute approximate surface area is 156 Å². The second-order valence-electron chi connectivity index (χ2n) is 6.75. The summed E-state index contributed by atoms with van der Waals surface area (Å²) < 4.78 is 4.54. The molecule has 0 saturated heterocycles. The second kappa shape index (κ2) is 6.25. The summed E-state index contributed by atoms with van der Waals surface area (Å²) in [5.41, 5.74) is 5.60. The van der Waals surface area contributed by atoms with Gasteiger partial charge in [0.1, 0.15) is 5.69 Å². The Balaban J connectivity index is 1.60. The molecule has 3 aromatic rings. The lowest BCUT2D eigenvalue weighted by Crippen LogP contribution is -2.19. The molecule has 0 amide bonds. The number of hydrogen-bond acceptors (Lipinski definition) is 4. The van der Waals surface area contributed by atoms with Gasteiger partial charge in [-0.15, -0.1) is 0 Å². The molecular weight excluding hydrogens is 344 g/mol. The van der Waals surface area contributed by atoms with E-state index in [1.54, 1.807) is 0 Å². The number of hydrogen-bond donors (Lipinski definition) is 2. The predicted octanol–water partition coefficient (Wildman–Crippen LogP) is 4.94. The van der Waals surface area contributed by atoms with E-state index in [1.807, 2.05) is 31.3 Å². The van der Waals surface area contributed by atoms with Gasteiger partial charge in [0.05, 0.1) is 11.1 Å². The summed E-state index contributed by atoms with van der Waals surface area (Å²) in [5, 5.41) is 12.6. The zero-order chi connectivity index (χ0) is 18.3. The molecular formula is C21H20N2O2S. The van der Waals surface area contributed by atoms with Crippen LogP contribution in [0, 0.1) is 6.92 Å². The molecule has 2 aromatic carbocycles. The van der Waals surface area contributed by atoms with Crippen molar-refractivity contribution in [2.75, 3.05) is 12.4 Å². The third-order valence-corrected chi connectivity index (χ3v) is 5.95. The van der Waals surface area contributed by atoms with Crippen LogP contribution in [0.1, 0.15) is 23.3 Å². The molecule has 1 aliphatic carbocycles. The number of carboxylic acids is 1. The van der Waals surface area contributed by atoms with Crippen molar-refractivity contribution in [3.05, 3.63) is 59.0 Å². The van der Waals surface area contributed by atoms with Crippen LogP contribution < -0.4 is 5.32 Å². The molecule has 26 heavy (non-hydrogen) atoms. The normalized spacial score (nSPS) is 14.8. The number of anilines is 1. The van der Waals surface area contributed by atoms with Gasteiger partial charge in [-0.2, -0.15) is 4.37 Å². The number of aliphatic carboxylic acids is 1. The SMILES string of the molecule is CNc1c(-c2ccc(-c3ccc(C4(C(=O)O)CC4)cc3)cc2)nsc1C. The Kier molecular flexibility index (Phi) is 4.04. The van der Waals surface area contributed by atoms with Crippen molar-refractivity contribution in [2.24, 2.45) is 0 Å². The lowest BCUT2D eigenvalue weighted by Gasteiger charge is -2.11. The maximum Gasteiger partial charge on any atom is 0.314 e. The fourth-order valence-corrected chi connectivity index (χ4v) is 4.13. The van der Waals surface area contributed by atoms with Crippen LogP contribution in [0.25, 0.3) is 22.4 Å². The minimum Gasteiger partial charge on any atom is -0.481 e. The molecule has 4 rings (SSSR count). The molecule has 0 bridgehead atoms. The van der Waals surface area contributed by atoms with Gasteiger partial charge in [0, 0.05) is 17.5 Å². The highest BCUT2D eigenvalue weighted by molar-refractivity contribution is 7.06. The molecule has 4 nitrogen and oxygen atoms in total. The van der Waals surface area contributed by atoms with Crippen molar-refractivity contribution in [1.29, 1.82) is 0 Å². The number of aromatic nitrogens is 1. The summed E-state index contributed by atoms with van der Waals surface area (Å²) >= 11 is 1.50. The molecule has 0 atom stereocenters. The van der Waals surface area contributed by atoms with Crippen LogP contribution in [0.3, 0.4) is 0 Å². The predicted molar refractivity (Wildman–Crippen MR) is 106 cm³/mol. The lowest BCUT2D eigenvalue weighted by atomic mass is 9.93. The molecule has 0 aliphatic heterocycles. The Morgan fingerprint density at radius 1 is 1.04 bits per heavy atom. The molecule has 5 heteroatoms. The highest BCUT2D eigenvalue weighted by Crippen LogP contribution is 2.48. The summed E-state index contributed by atoms with van der Waals surface area (Å²) in [7, 11) is 1.92. The number of rotatable bonds is 5. The number of nitrogens with zero attached hydrogens (tertiary/aromatic N) is 1. The van der Waals surface area contributed by atoms with Crippen LogP contribution in [0.5, 0.6) is 0 Å². The number of benzene rings is 2. The number of aryl methyl sites for hydroxylation is 1. The average Bonchev–Trinajstić information content (AvgIpc) is 3.40. The molecule has 0 spiro atoms. The highest BCUT2D eigenvalue weighted by atomic mass is 32.1. The van der Waals surface area contributed by atoms with Crippen LogP contribution >= 0.6 is 11.5 Å². The van der Waals surface area contributed by atoms with Crippen molar-refractivity contribution in [3.63, 3.8) is 0 Å². The molecule has 1 aromatic heterocycles. The van der Waals surface area contributed by atoms with Gasteiger partial charge in [0.25, 0.3) is 0 Å². The van der Waals surface area contributed by atoms with E-state index >= 15 is 0 Å². The van der Waals surface area contributed by atoms with Crippen molar-refractivity contribution < 1.29 is 9.90 Å². The zero-order valence-electron chi connectivity index (χ0n) is 14.7. The van der Waals surface area contributed by atoms with E-state index in [4.69, 9.17) is 0 Å². The van der Waals surface area contributed by atoms with Crippen LogP contribution in [0.2, 0.25) is 0 Å². The van der Waals surface area contributed by atoms with E-state index in [2.05, 4.69) is 40.9 Å². The smallest absolute Gasteiger partial charge is 0.314 e. The topological polar surface area (TPSA) is 62.2 Å². The third kappa shape index (κ3) is 2.69. The Bertz CT molecular complexity index is 955. The molecule has 132 valence electrons. The van der Waals surface area contributed by atoms with Crippen molar-refractivity contribution >= 4 is 23.2 Å². The van der Waals surface area contributed by atoms with Gasteiger partial charge < -0.3 is 10.4 Å². The first-order valence-electron chi connectivity index (χ1n) is 8.64. The van der Waals surface area contributed by atoms with Gasteiger partial charge in [-0.25, -0.2) is 0 Å². The number of carboxylic acid groups (broad SMARTS) is 1. The van der Waals surface area contributed by atoms with Gasteiger partial charge in [0.15, 0.2) is 0 Å². The van der Waals surface area contributed by atoms with Crippen LogP contribution in [-0.4, -0.2) is 22.5 Å². The first kappa shape index (κ1) is 16.8. The van der Waals surface area contributed by atoms with Gasteiger partial charge in [-0.05, 0) is 48.0 Å². The standard InChI is InChI=1S/C21H20N2O2S/c1-13-18(22-2)19(23-26-13)16-5-3-14(4-6-16)15-7-9-17(10-8-15)21(11-12-21)20(24)25/h3-10,22H,11-12H2,1-2H3,(H,24,25). The van der Waals surface area contributed by atoms with Gasteiger partial charge >= 0.3 is 5.97 Å². The van der Waals surface area contributed by atoms with E-state index in [-0.39, 0.29) is 0 Å². The van der Waals surface area contributed by atoms with E-state index in [0.29, 0.717) is 0 Å². The quantitative estimate of drug-likeness (QED) is 0.673. The van der Waals surface area contributed by atoms with E-state index in [1.165, 1.54) is 16.4 Å². The molecule has 0 radical (unpaired) electrons. The van der Waals surface area contributed by atoms with Crippen LogP contribution in [0.4, 0.5) is 5.69 Å². The maximum absolute atomic E-state index is 11.5. The summed E-state index contributed by atoms with van der Waals surface area (Å²) in [6, 6.07) is 16.3. The highest BCUT2D eigenvalue weighted by Gasteiger charge is 2.51. The molecule has 1 heterocycles. The summed E-state index contributed by atoms with van der Waals surface area (Å²) in [5.74, 6) is -0.714. The van der Waals surface area contributed by atoms with Gasteiger partial charge in [-0.3, -0.25) is 4.79 Å². The Morgan fingerprint density at radius 2 is 1.58 bits per heavy atom. The minimum atomic E-state index is -0.714. The van der Waals surface area contributed by atoms with Crippen molar-refractivity contribution in [1.82, 2.24) is 4.37 Å². The molecule has 1 fully saturated rings. The van der Waals surface area contributed by atoms with E-state index in [9.17, 15) is 9.90 Å². The first-order valence-corrected chi connectivity index (χ1v) is 9.41. The van der Waals surface area contributed by atoms with Crippen LogP contribution in [0.15, 0.2) is 48.5 Å². The van der Waals surface area contributed by atoms with Gasteiger partial charge in [-0.1, -0.05) is 48.5 Å². The molecule has 2 N–H and O–H groups in total. The van der Waals surface area contributed by atoms with Crippen molar-refractivity contribution in [2.45, 2.75) is 25.2 Å².